The normalized spacial score (nSPS) is 30.0. The Bertz CT molecular complexity index is 311. The van der Waals surface area contributed by atoms with Crippen molar-refractivity contribution < 1.29 is 13.2 Å². The van der Waals surface area contributed by atoms with Crippen LogP contribution in [0.4, 0.5) is 13.2 Å². The Hall–Kier alpha value is -0.290. The second-order valence-corrected chi connectivity index (χ2v) is 7.08. The number of nitrogens with one attached hydrogen (secondary N) is 1. The molecule has 1 N–H and O–H groups in total. The van der Waals surface area contributed by atoms with Crippen LogP contribution < -0.4 is 5.32 Å². The standard InChI is InChI=1S/C16H29F3N2/c1-12(2)15-10-20-14(13-6-4-3-5-7-13)11-21(15)9-8-16(17,18)19/h12-15,20H,3-11H2,1-2H3. The van der Waals surface area contributed by atoms with Crippen LogP contribution in [0.2, 0.25) is 0 Å². The van der Waals surface area contributed by atoms with Gasteiger partial charge in [0.2, 0.25) is 0 Å². The maximum absolute atomic E-state index is 12.5. The van der Waals surface area contributed by atoms with E-state index in [-0.39, 0.29) is 12.6 Å². The van der Waals surface area contributed by atoms with E-state index in [9.17, 15) is 13.2 Å². The van der Waals surface area contributed by atoms with Gasteiger partial charge in [0.25, 0.3) is 0 Å². The molecular weight excluding hydrogens is 277 g/mol. The molecule has 1 saturated heterocycles. The lowest BCUT2D eigenvalue weighted by Gasteiger charge is -2.45. The molecule has 1 heterocycles. The molecule has 2 nitrogen and oxygen atoms in total. The van der Waals surface area contributed by atoms with Gasteiger partial charge in [-0.1, -0.05) is 33.1 Å². The zero-order valence-electron chi connectivity index (χ0n) is 13.3. The van der Waals surface area contributed by atoms with E-state index in [0.29, 0.717) is 17.9 Å². The Morgan fingerprint density at radius 3 is 2.38 bits per heavy atom. The van der Waals surface area contributed by atoms with Gasteiger partial charge in [-0.15, -0.1) is 0 Å². The average Bonchev–Trinajstić information content (AvgIpc) is 2.45. The molecule has 0 bridgehead atoms. The van der Waals surface area contributed by atoms with Crippen molar-refractivity contribution in [3.05, 3.63) is 0 Å². The monoisotopic (exact) mass is 306 g/mol. The maximum atomic E-state index is 12.5. The molecule has 1 aliphatic heterocycles. The predicted molar refractivity (Wildman–Crippen MR) is 79.2 cm³/mol. The van der Waals surface area contributed by atoms with Crippen molar-refractivity contribution in [2.45, 2.75) is 70.6 Å². The summed E-state index contributed by atoms with van der Waals surface area (Å²) >= 11 is 0. The van der Waals surface area contributed by atoms with Crippen LogP contribution in [0.15, 0.2) is 0 Å². The Balaban J connectivity index is 1.94. The highest BCUT2D eigenvalue weighted by Gasteiger charge is 2.36. The van der Waals surface area contributed by atoms with Gasteiger partial charge in [-0.05, 0) is 24.7 Å². The summed E-state index contributed by atoms with van der Waals surface area (Å²) in [5, 5.41) is 3.62. The molecule has 2 rings (SSSR count). The highest BCUT2D eigenvalue weighted by atomic mass is 19.4. The first-order valence-electron chi connectivity index (χ1n) is 8.41. The zero-order chi connectivity index (χ0) is 15.5. The van der Waals surface area contributed by atoms with Gasteiger partial charge in [0.15, 0.2) is 0 Å². The Morgan fingerprint density at radius 1 is 1.14 bits per heavy atom. The minimum atomic E-state index is -4.05. The minimum Gasteiger partial charge on any atom is -0.311 e. The van der Waals surface area contributed by atoms with E-state index < -0.39 is 12.6 Å². The molecule has 0 aromatic carbocycles. The summed E-state index contributed by atoms with van der Waals surface area (Å²) in [7, 11) is 0. The first-order valence-corrected chi connectivity index (χ1v) is 8.41. The van der Waals surface area contributed by atoms with E-state index in [1.54, 1.807) is 0 Å². The highest BCUT2D eigenvalue weighted by Crippen LogP contribution is 2.30. The number of hydrogen-bond acceptors (Lipinski definition) is 2. The summed E-state index contributed by atoms with van der Waals surface area (Å²) in [6.07, 6.45) is 1.60. The van der Waals surface area contributed by atoms with Crippen LogP contribution >= 0.6 is 0 Å². The molecule has 0 aromatic rings. The van der Waals surface area contributed by atoms with Gasteiger partial charge in [0.1, 0.15) is 0 Å². The SMILES string of the molecule is CC(C)C1CNC(C2CCCCC2)CN1CCC(F)(F)F. The molecule has 0 aromatic heterocycles. The summed E-state index contributed by atoms with van der Waals surface area (Å²) < 4.78 is 37.6. The molecule has 0 amide bonds. The minimum absolute atomic E-state index is 0.150. The summed E-state index contributed by atoms with van der Waals surface area (Å²) in [4.78, 5) is 2.09. The largest absolute Gasteiger partial charge is 0.390 e. The summed E-state index contributed by atoms with van der Waals surface area (Å²) in [6, 6.07) is 0.612. The third kappa shape index (κ3) is 5.13. The van der Waals surface area contributed by atoms with E-state index >= 15 is 0 Å². The van der Waals surface area contributed by atoms with E-state index in [0.717, 1.165) is 13.1 Å². The van der Waals surface area contributed by atoms with Crippen molar-refractivity contribution in [1.82, 2.24) is 10.2 Å². The molecule has 0 radical (unpaired) electrons. The maximum Gasteiger partial charge on any atom is 0.390 e. The lowest BCUT2D eigenvalue weighted by molar-refractivity contribution is -0.140. The molecular formula is C16H29F3N2. The van der Waals surface area contributed by atoms with Crippen LogP contribution in [-0.4, -0.2) is 42.8 Å². The number of halogens is 3. The average molecular weight is 306 g/mol. The van der Waals surface area contributed by atoms with Crippen molar-refractivity contribution in [3.63, 3.8) is 0 Å². The summed E-state index contributed by atoms with van der Waals surface area (Å²) in [5.74, 6) is 1.04. The Labute approximate surface area is 126 Å². The molecule has 2 aliphatic rings. The molecule has 2 unspecified atom stereocenters. The third-order valence-corrected chi connectivity index (χ3v) is 5.16. The van der Waals surface area contributed by atoms with E-state index in [2.05, 4.69) is 24.1 Å². The Morgan fingerprint density at radius 2 is 1.81 bits per heavy atom. The van der Waals surface area contributed by atoms with Crippen molar-refractivity contribution in [1.29, 1.82) is 0 Å². The van der Waals surface area contributed by atoms with E-state index in [1.165, 1.54) is 32.1 Å². The first-order chi connectivity index (χ1) is 9.87. The lowest BCUT2D eigenvalue weighted by atomic mass is 9.82. The van der Waals surface area contributed by atoms with E-state index in [4.69, 9.17) is 0 Å². The Kier molecular flexibility index (Phi) is 5.95. The van der Waals surface area contributed by atoms with Gasteiger partial charge < -0.3 is 5.32 Å². The van der Waals surface area contributed by atoms with Gasteiger partial charge in [-0.25, -0.2) is 0 Å². The molecule has 2 fully saturated rings. The number of hydrogen-bond donors (Lipinski definition) is 1. The molecule has 5 heteroatoms. The second-order valence-electron chi connectivity index (χ2n) is 7.08. The van der Waals surface area contributed by atoms with Crippen LogP contribution in [0.1, 0.15) is 52.4 Å². The lowest BCUT2D eigenvalue weighted by Crippen LogP contribution is -2.60. The molecule has 0 spiro atoms. The van der Waals surface area contributed by atoms with Gasteiger partial charge in [0, 0.05) is 31.7 Å². The van der Waals surface area contributed by atoms with Crippen molar-refractivity contribution >= 4 is 0 Å². The molecule has 2 atom stereocenters. The number of nitrogens with zero attached hydrogens (tertiary/aromatic N) is 1. The summed E-state index contributed by atoms with van der Waals surface area (Å²) in [6.45, 7) is 5.97. The third-order valence-electron chi connectivity index (χ3n) is 5.16. The van der Waals surface area contributed by atoms with Crippen molar-refractivity contribution in [3.8, 4) is 0 Å². The van der Waals surface area contributed by atoms with Gasteiger partial charge >= 0.3 is 6.18 Å². The predicted octanol–water partition coefficient (Wildman–Crippen LogP) is 3.82. The molecule has 1 saturated carbocycles. The second kappa shape index (κ2) is 7.32. The molecule has 21 heavy (non-hydrogen) atoms. The topological polar surface area (TPSA) is 15.3 Å². The highest BCUT2D eigenvalue weighted by molar-refractivity contribution is 4.91. The fourth-order valence-electron chi connectivity index (χ4n) is 3.89. The van der Waals surface area contributed by atoms with Crippen molar-refractivity contribution in [2.24, 2.45) is 11.8 Å². The molecule has 1 aliphatic carbocycles. The van der Waals surface area contributed by atoms with Gasteiger partial charge in [0.05, 0.1) is 6.42 Å². The number of piperazine rings is 1. The van der Waals surface area contributed by atoms with Crippen LogP contribution in [-0.2, 0) is 0 Å². The van der Waals surface area contributed by atoms with Crippen molar-refractivity contribution in [2.75, 3.05) is 19.6 Å². The fraction of sp³-hybridized carbons (Fsp3) is 1.00. The fourth-order valence-corrected chi connectivity index (χ4v) is 3.89. The van der Waals surface area contributed by atoms with Gasteiger partial charge in [-0.3, -0.25) is 4.90 Å². The number of rotatable bonds is 4. The van der Waals surface area contributed by atoms with Gasteiger partial charge in [-0.2, -0.15) is 13.2 Å². The summed E-state index contributed by atoms with van der Waals surface area (Å²) in [5.41, 5.74) is 0. The number of alkyl halides is 3. The first kappa shape index (κ1) is 17.1. The molecule has 124 valence electrons. The van der Waals surface area contributed by atoms with Crippen LogP contribution in [0.25, 0.3) is 0 Å². The van der Waals surface area contributed by atoms with Crippen LogP contribution in [0.3, 0.4) is 0 Å². The zero-order valence-corrected chi connectivity index (χ0v) is 13.3. The van der Waals surface area contributed by atoms with E-state index in [1.807, 2.05) is 0 Å². The smallest absolute Gasteiger partial charge is 0.311 e. The van der Waals surface area contributed by atoms with Crippen LogP contribution in [0.5, 0.6) is 0 Å². The quantitative estimate of drug-likeness (QED) is 0.849. The van der Waals surface area contributed by atoms with Crippen LogP contribution in [0, 0.1) is 11.8 Å².